The van der Waals surface area contributed by atoms with Crippen LogP contribution in [0.1, 0.15) is 32.3 Å². The third-order valence-electron chi connectivity index (χ3n) is 4.87. The van der Waals surface area contributed by atoms with Gasteiger partial charge in [0.15, 0.2) is 0 Å². The maximum atomic E-state index is 12.8. The minimum absolute atomic E-state index is 0.0248. The van der Waals surface area contributed by atoms with Crippen molar-refractivity contribution in [2.24, 2.45) is 0 Å². The number of hydrogen-bond acceptors (Lipinski definition) is 3. The average molecular weight is 327 g/mol. The molecule has 2 aliphatic rings. The molecule has 0 N–H and O–H groups in total. The zero-order valence-electron chi connectivity index (χ0n) is 14.4. The minimum atomic E-state index is -0.265. The summed E-state index contributed by atoms with van der Waals surface area (Å²) in [5.41, 5.74) is 3.27. The van der Waals surface area contributed by atoms with Gasteiger partial charge in [-0.3, -0.25) is 4.90 Å². The maximum Gasteiger partial charge on any atom is 0.410 e. The molecular weight excluding hydrogens is 302 g/mol. The van der Waals surface area contributed by atoms with E-state index in [-0.39, 0.29) is 24.3 Å². The number of ether oxygens (including phenoxy) is 2. The number of piperidine rings is 1. The van der Waals surface area contributed by atoms with E-state index in [0.717, 1.165) is 24.0 Å². The quantitative estimate of drug-likeness (QED) is 0.782. The predicted octanol–water partition coefficient (Wildman–Crippen LogP) is 4.08. The van der Waals surface area contributed by atoms with Crippen molar-refractivity contribution in [2.75, 3.05) is 6.61 Å². The zero-order chi connectivity index (χ0) is 17.1. The van der Waals surface area contributed by atoms with Crippen molar-refractivity contribution in [3.63, 3.8) is 0 Å². The minimum Gasteiger partial charge on any atom is -0.445 e. The molecule has 1 aromatic rings. The topological polar surface area (TPSA) is 38.8 Å². The van der Waals surface area contributed by atoms with Crippen LogP contribution >= 0.6 is 0 Å². The molecule has 1 amide bonds. The summed E-state index contributed by atoms with van der Waals surface area (Å²) in [5, 5.41) is 0. The van der Waals surface area contributed by atoms with E-state index in [4.69, 9.17) is 9.47 Å². The van der Waals surface area contributed by atoms with E-state index < -0.39 is 0 Å². The molecule has 1 aromatic carbocycles. The zero-order valence-corrected chi connectivity index (χ0v) is 14.4. The predicted molar refractivity (Wildman–Crippen MR) is 93.6 cm³/mol. The summed E-state index contributed by atoms with van der Waals surface area (Å²) in [4.78, 5) is 14.6. The van der Waals surface area contributed by atoms with Crippen LogP contribution < -0.4 is 0 Å². The Bertz CT molecular complexity index is 638. The van der Waals surface area contributed by atoms with Gasteiger partial charge >= 0.3 is 6.09 Å². The number of benzene rings is 1. The molecule has 1 fully saturated rings. The smallest absolute Gasteiger partial charge is 0.410 e. The van der Waals surface area contributed by atoms with E-state index in [1.807, 2.05) is 42.2 Å². The highest BCUT2D eigenvalue weighted by atomic mass is 16.6. The fraction of sp³-hybridized carbons (Fsp3) is 0.450. The molecule has 2 heterocycles. The van der Waals surface area contributed by atoms with Crippen molar-refractivity contribution in [1.29, 1.82) is 0 Å². The van der Waals surface area contributed by atoms with Gasteiger partial charge in [0.25, 0.3) is 0 Å². The molecule has 4 heteroatoms. The highest BCUT2D eigenvalue weighted by molar-refractivity contribution is 5.70. The molecule has 0 unspecified atom stereocenters. The lowest BCUT2D eigenvalue weighted by molar-refractivity contribution is -0.0255. The maximum absolute atomic E-state index is 12.8. The Morgan fingerprint density at radius 2 is 2.08 bits per heavy atom. The van der Waals surface area contributed by atoms with Crippen LogP contribution in [0.4, 0.5) is 4.79 Å². The first-order chi connectivity index (χ1) is 11.6. The first-order valence-corrected chi connectivity index (χ1v) is 8.56. The van der Waals surface area contributed by atoms with Crippen molar-refractivity contribution < 1.29 is 14.3 Å². The number of carbonyl (C=O) groups is 1. The molecule has 0 spiro atoms. The van der Waals surface area contributed by atoms with Crippen LogP contribution in [0.3, 0.4) is 0 Å². The molecule has 128 valence electrons. The number of rotatable bonds is 4. The molecule has 2 bridgehead atoms. The molecule has 24 heavy (non-hydrogen) atoms. The molecule has 2 aliphatic heterocycles. The fourth-order valence-corrected chi connectivity index (χ4v) is 3.64. The third kappa shape index (κ3) is 3.24. The van der Waals surface area contributed by atoms with Gasteiger partial charge in [-0.05, 0) is 37.8 Å². The lowest BCUT2D eigenvalue weighted by atomic mass is 9.80. The molecule has 0 aliphatic carbocycles. The van der Waals surface area contributed by atoms with E-state index in [0.29, 0.717) is 13.2 Å². The lowest BCUT2D eigenvalue weighted by Crippen LogP contribution is -2.59. The van der Waals surface area contributed by atoms with Crippen LogP contribution in [0.25, 0.3) is 0 Å². The number of nitrogens with zero attached hydrogens (tertiary/aromatic N) is 1. The normalized spacial score (nSPS) is 26.1. The number of hydrogen-bond donors (Lipinski definition) is 0. The molecule has 4 nitrogen and oxygen atoms in total. The first-order valence-electron chi connectivity index (χ1n) is 8.56. The van der Waals surface area contributed by atoms with Crippen molar-refractivity contribution in [3.05, 3.63) is 59.7 Å². The third-order valence-corrected chi connectivity index (χ3v) is 4.87. The first kappa shape index (κ1) is 16.8. The van der Waals surface area contributed by atoms with Crippen LogP contribution in [0.2, 0.25) is 0 Å². The van der Waals surface area contributed by atoms with Crippen LogP contribution in [0.5, 0.6) is 0 Å². The molecule has 3 atom stereocenters. The fourth-order valence-electron chi connectivity index (χ4n) is 3.64. The summed E-state index contributed by atoms with van der Waals surface area (Å²) < 4.78 is 11.5. The number of fused-ring (bicyclic) bond motifs is 2. The Balaban J connectivity index is 1.76. The average Bonchev–Trinajstić information content (AvgIpc) is 2.59. The van der Waals surface area contributed by atoms with Gasteiger partial charge in [-0.15, -0.1) is 0 Å². The van der Waals surface area contributed by atoms with E-state index >= 15 is 0 Å². The second-order valence-electron chi connectivity index (χ2n) is 6.45. The van der Waals surface area contributed by atoms with Gasteiger partial charge in [0.2, 0.25) is 0 Å². The van der Waals surface area contributed by atoms with Crippen LogP contribution in [0.15, 0.2) is 54.1 Å². The number of carbonyl (C=O) groups excluding carboxylic acids is 1. The summed E-state index contributed by atoms with van der Waals surface area (Å²) in [7, 11) is 0. The second kappa shape index (κ2) is 7.22. The molecule has 0 radical (unpaired) electrons. The Kier molecular flexibility index (Phi) is 5.05. The molecule has 0 saturated carbocycles. The second-order valence-corrected chi connectivity index (χ2v) is 6.45. The summed E-state index contributed by atoms with van der Waals surface area (Å²) in [6, 6.07) is 9.77. The van der Waals surface area contributed by atoms with Gasteiger partial charge in [-0.1, -0.05) is 48.6 Å². The van der Waals surface area contributed by atoms with Crippen LogP contribution in [0, 0.1) is 0 Å². The number of amides is 1. The Morgan fingerprint density at radius 3 is 2.79 bits per heavy atom. The van der Waals surface area contributed by atoms with Gasteiger partial charge in [0, 0.05) is 6.61 Å². The largest absolute Gasteiger partial charge is 0.445 e. The van der Waals surface area contributed by atoms with Crippen molar-refractivity contribution in [2.45, 2.75) is 51.5 Å². The van der Waals surface area contributed by atoms with Gasteiger partial charge in [-0.2, -0.15) is 0 Å². The SMILES string of the molecule is C=C1C[C@H]2C(C)=CC[C@@H]([C@H]1OCC)N2C(=O)OCc1ccccc1. The van der Waals surface area contributed by atoms with Gasteiger partial charge in [-0.25, -0.2) is 4.79 Å². The summed E-state index contributed by atoms with van der Waals surface area (Å²) in [6.45, 7) is 9.14. The molecule has 1 saturated heterocycles. The van der Waals surface area contributed by atoms with Gasteiger partial charge in [0.05, 0.1) is 18.2 Å². The standard InChI is InChI=1S/C20H25NO3/c1-4-23-19-15(3)12-18-14(2)10-11-17(19)21(18)20(22)24-13-16-8-6-5-7-9-16/h5-10,17-19H,3-4,11-13H2,1-2H3/t17-,18-,19-/m0/s1. The summed E-state index contributed by atoms with van der Waals surface area (Å²) >= 11 is 0. The van der Waals surface area contributed by atoms with E-state index in [9.17, 15) is 4.79 Å². The van der Waals surface area contributed by atoms with Crippen molar-refractivity contribution in [3.8, 4) is 0 Å². The highest BCUT2D eigenvalue weighted by Gasteiger charge is 2.45. The summed E-state index contributed by atoms with van der Waals surface area (Å²) in [5.74, 6) is 0. The molecular formula is C20H25NO3. The molecule has 3 rings (SSSR count). The molecule has 0 aromatic heterocycles. The lowest BCUT2D eigenvalue weighted by Gasteiger charge is -2.49. The Morgan fingerprint density at radius 1 is 1.33 bits per heavy atom. The Hall–Kier alpha value is -2.07. The van der Waals surface area contributed by atoms with Crippen LogP contribution in [-0.2, 0) is 16.1 Å². The van der Waals surface area contributed by atoms with Crippen molar-refractivity contribution >= 4 is 6.09 Å². The van der Waals surface area contributed by atoms with Gasteiger partial charge in [0.1, 0.15) is 6.61 Å². The Labute approximate surface area is 143 Å². The van der Waals surface area contributed by atoms with E-state index in [1.54, 1.807) is 0 Å². The highest BCUT2D eigenvalue weighted by Crippen LogP contribution is 2.38. The summed E-state index contributed by atoms with van der Waals surface area (Å²) in [6.07, 6.45) is 3.36. The van der Waals surface area contributed by atoms with E-state index in [1.165, 1.54) is 5.57 Å². The van der Waals surface area contributed by atoms with E-state index in [2.05, 4.69) is 19.6 Å². The van der Waals surface area contributed by atoms with Crippen molar-refractivity contribution in [1.82, 2.24) is 4.90 Å². The van der Waals surface area contributed by atoms with Crippen LogP contribution in [-0.4, -0.2) is 35.8 Å². The monoisotopic (exact) mass is 327 g/mol. The van der Waals surface area contributed by atoms with Gasteiger partial charge < -0.3 is 9.47 Å².